The van der Waals surface area contributed by atoms with Crippen LogP contribution in [0.2, 0.25) is 0 Å². The maximum atomic E-state index is 6.96. The molecule has 8 aromatic rings. The van der Waals surface area contributed by atoms with Gasteiger partial charge in [0.05, 0.1) is 5.41 Å². The number of hydrogen-bond donors (Lipinski definition) is 0. The molecule has 252 valence electrons. The molecule has 1 spiro atoms. The van der Waals surface area contributed by atoms with E-state index < -0.39 is 17.5 Å². The van der Waals surface area contributed by atoms with Gasteiger partial charge in [-0.3, -0.25) is 0 Å². The Kier molecular flexibility index (Phi) is 7.76. The van der Waals surface area contributed by atoms with Crippen molar-refractivity contribution in [1.82, 2.24) is 0 Å². The van der Waals surface area contributed by atoms with Gasteiger partial charge >= 0.3 is 0 Å². The van der Waals surface area contributed by atoms with Gasteiger partial charge in [-0.1, -0.05) is 218 Å². The Bertz CT molecular complexity index is 2500. The fourth-order valence-corrected chi connectivity index (χ4v) is 16.4. The second-order valence-corrected chi connectivity index (χ2v) is 22.7. The van der Waals surface area contributed by atoms with Crippen LogP contribution < -0.4 is 31.8 Å². The molecule has 2 aliphatic rings. The second-order valence-electron chi connectivity index (χ2n) is 13.9. The minimum absolute atomic E-state index is 0.537. The van der Waals surface area contributed by atoms with E-state index in [9.17, 15) is 0 Å². The molecule has 0 amide bonds. The summed E-state index contributed by atoms with van der Waals surface area (Å²) in [7, 11) is 0. The molecule has 0 fully saturated rings. The van der Waals surface area contributed by atoms with Crippen molar-refractivity contribution < 1.29 is 0 Å². The molecule has 0 unspecified atom stereocenters. The molecule has 0 aromatic heterocycles. The van der Waals surface area contributed by atoms with E-state index in [0.29, 0.717) is 0 Å². The molecule has 53 heavy (non-hydrogen) atoms. The fraction of sp³-hybridized carbons (Fsp3) is 0.0204. The Morgan fingerprint density at radius 1 is 0.264 bits per heavy atom. The van der Waals surface area contributed by atoms with E-state index in [1.54, 1.807) is 0 Å². The second kappa shape index (κ2) is 12.6. The molecule has 8 aromatic carbocycles. The quantitative estimate of drug-likeness (QED) is 0.156. The highest BCUT2D eigenvalue weighted by Gasteiger charge is 2.52. The van der Waals surface area contributed by atoms with Gasteiger partial charge in [0.1, 0.15) is 0 Å². The summed E-state index contributed by atoms with van der Waals surface area (Å²) in [5.41, 5.74) is 9.79. The van der Waals surface area contributed by atoms with E-state index in [0.717, 1.165) is 0 Å². The van der Waals surface area contributed by atoms with E-state index in [-0.39, 0.29) is 0 Å². The largest absolute Gasteiger partial charge is 0.0826 e. The van der Waals surface area contributed by atoms with Gasteiger partial charge in [0.15, 0.2) is 0 Å². The van der Waals surface area contributed by atoms with Crippen LogP contribution in [0.4, 0.5) is 0 Å². The Morgan fingerprint density at radius 2 is 0.547 bits per heavy atom. The highest BCUT2D eigenvalue weighted by molar-refractivity contribution is 8.26. The summed E-state index contributed by atoms with van der Waals surface area (Å²) < 4.78 is 0. The molecule has 0 saturated carbocycles. The van der Waals surface area contributed by atoms with E-state index in [1.807, 2.05) is 0 Å². The average Bonchev–Trinajstić information content (AvgIpc) is 3.71. The molecule has 4 heteroatoms. The highest BCUT2D eigenvalue weighted by Crippen LogP contribution is 2.63. The Labute approximate surface area is 321 Å². The lowest BCUT2D eigenvalue weighted by Crippen LogP contribution is -2.30. The van der Waals surface area contributed by atoms with Crippen molar-refractivity contribution in [2.45, 2.75) is 5.41 Å². The highest BCUT2D eigenvalue weighted by atomic mass is 32.4. The van der Waals surface area contributed by atoms with Gasteiger partial charge in [0, 0.05) is 12.1 Å². The zero-order valence-electron chi connectivity index (χ0n) is 28.8. The van der Waals surface area contributed by atoms with Crippen molar-refractivity contribution in [2.24, 2.45) is 0 Å². The summed E-state index contributed by atoms with van der Waals surface area (Å²) in [6.45, 7) is 0. The first kappa shape index (κ1) is 32.7. The third-order valence-corrected chi connectivity index (χ3v) is 21.2. The topological polar surface area (TPSA) is 0 Å². The minimum Gasteiger partial charge on any atom is -0.0826 e. The first-order valence-electron chi connectivity index (χ1n) is 18.0. The van der Waals surface area contributed by atoms with Crippen molar-refractivity contribution in [3.8, 4) is 22.3 Å². The lowest BCUT2D eigenvalue weighted by atomic mass is 9.70. The standard InChI is InChI=1S/C49H34P2S2/c52-50(35-17-5-1-6-18-35,36-19-7-2-8-20-36)39-29-31-43-44-32-30-40(51(53,37-21-9-3-10-22-37)38-23-11-4-12-24-38)34-48(44)49(47(43)33-39)45-27-15-13-25-41(45)42-26-14-16-28-46(42)49/h1-34H. The fourth-order valence-electron chi connectivity index (χ4n) is 8.95. The van der Waals surface area contributed by atoms with Gasteiger partial charge < -0.3 is 0 Å². The van der Waals surface area contributed by atoms with Gasteiger partial charge in [0.2, 0.25) is 0 Å². The average molecular weight is 749 g/mol. The monoisotopic (exact) mass is 748 g/mol. The molecular weight excluding hydrogens is 715 g/mol. The Balaban J connectivity index is 1.30. The van der Waals surface area contributed by atoms with Crippen LogP contribution in [0.3, 0.4) is 0 Å². The van der Waals surface area contributed by atoms with Gasteiger partial charge in [0.25, 0.3) is 0 Å². The van der Waals surface area contributed by atoms with Crippen LogP contribution in [0.15, 0.2) is 206 Å². The first-order valence-corrected chi connectivity index (χ1v) is 23.6. The summed E-state index contributed by atoms with van der Waals surface area (Å²) in [5.74, 6) is 0. The van der Waals surface area contributed by atoms with Gasteiger partial charge in [-0.15, -0.1) is 0 Å². The first-order chi connectivity index (χ1) is 26.1. The zero-order chi connectivity index (χ0) is 35.6. The van der Waals surface area contributed by atoms with Crippen molar-refractivity contribution in [2.75, 3.05) is 0 Å². The molecule has 0 N–H and O–H groups in total. The zero-order valence-corrected chi connectivity index (χ0v) is 32.3. The van der Waals surface area contributed by atoms with Crippen LogP contribution >= 0.6 is 12.1 Å². The maximum Gasteiger partial charge on any atom is 0.0726 e. The van der Waals surface area contributed by atoms with Crippen molar-refractivity contribution in [1.29, 1.82) is 0 Å². The van der Waals surface area contributed by atoms with Crippen LogP contribution in [0.25, 0.3) is 22.3 Å². The third-order valence-electron chi connectivity index (χ3n) is 11.3. The van der Waals surface area contributed by atoms with E-state index in [4.69, 9.17) is 23.6 Å². The van der Waals surface area contributed by atoms with Crippen LogP contribution in [-0.2, 0) is 29.0 Å². The molecule has 0 heterocycles. The number of fused-ring (bicyclic) bond motifs is 10. The predicted molar refractivity (Wildman–Crippen MR) is 235 cm³/mol. The van der Waals surface area contributed by atoms with Crippen LogP contribution in [0.1, 0.15) is 22.3 Å². The Hall–Kier alpha value is -4.94. The van der Waals surface area contributed by atoms with Gasteiger partial charge in [-0.25, -0.2) is 0 Å². The summed E-state index contributed by atoms with van der Waals surface area (Å²) in [6.07, 6.45) is 0. The lowest BCUT2D eigenvalue weighted by Gasteiger charge is -2.33. The molecule has 0 aliphatic heterocycles. The molecule has 0 bridgehead atoms. The Morgan fingerprint density at radius 3 is 0.887 bits per heavy atom. The van der Waals surface area contributed by atoms with E-state index in [2.05, 4.69) is 206 Å². The van der Waals surface area contributed by atoms with Crippen LogP contribution in [-0.4, -0.2) is 0 Å². The smallest absolute Gasteiger partial charge is 0.0726 e. The maximum absolute atomic E-state index is 6.96. The molecule has 2 aliphatic carbocycles. The molecule has 0 saturated heterocycles. The summed E-state index contributed by atoms with van der Waals surface area (Å²) in [5, 5.41) is 7.21. The molecule has 10 rings (SSSR count). The molecule has 0 radical (unpaired) electrons. The van der Waals surface area contributed by atoms with E-state index in [1.165, 1.54) is 76.3 Å². The van der Waals surface area contributed by atoms with Crippen molar-refractivity contribution >= 4 is 67.5 Å². The number of rotatable bonds is 6. The molecule has 0 nitrogen and oxygen atoms in total. The number of hydrogen-bond acceptors (Lipinski definition) is 2. The summed E-state index contributed by atoms with van der Waals surface area (Å²) in [4.78, 5) is 0. The van der Waals surface area contributed by atoms with Crippen LogP contribution in [0, 0.1) is 0 Å². The SMILES string of the molecule is S=P(c1ccccc1)(c1ccccc1)c1ccc2c(c1)C1(c3ccccc3-c3ccccc31)c1cc(P(=S)(c3ccccc3)c3ccccc3)ccc1-2. The van der Waals surface area contributed by atoms with Crippen molar-refractivity contribution in [3.05, 3.63) is 229 Å². The molecule has 0 atom stereocenters. The minimum atomic E-state index is -2.42. The summed E-state index contributed by atoms with van der Waals surface area (Å²) >= 11 is 13.9. The molecular formula is C49H34P2S2. The summed E-state index contributed by atoms with van der Waals surface area (Å²) in [6, 6.07) is 70.6. The third kappa shape index (κ3) is 4.67. The lowest BCUT2D eigenvalue weighted by molar-refractivity contribution is 0.795. The van der Waals surface area contributed by atoms with Crippen LogP contribution in [0.5, 0.6) is 0 Å². The van der Waals surface area contributed by atoms with E-state index >= 15 is 0 Å². The van der Waals surface area contributed by atoms with Gasteiger partial charge in [-0.2, -0.15) is 0 Å². The van der Waals surface area contributed by atoms with Crippen molar-refractivity contribution in [3.63, 3.8) is 0 Å². The predicted octanol–water partition coefficient (Wildman–Crippen LogP) is 9.54. The van der Waals surface area contributed by atoms with Gasteiger partial charge in [-0.05, 0) is 88.5 Å². The number of benzene rings is 8. The normalized spacial score (nSPS) is 13.6.